The lowest BCUT2D eigenvalue weighted by molar-refractivity contribution is -0.223. The van der Waals surface area contributed by atoms with Crippen molar-refractivity contribution in [2.75, 3.05) is 18.6 Å². The predicted octanol–water partition coefficient (Wildman–Crippen LogP) is 3.84. The normalized spacial score (nSPS) is 47.8. The Labute approximate surface area is 204 Å². The van der Waals surface area contributed by atoms with E-state index in [0.29, 0.717) is 36.5 Å². The van der Waals surface area contributed by atoms with Crippen LogP contribution in [-0.4, -0.2) is 58.1 Å². The molecule has 0 aliphatic heterocycles. The topological polar surface area (TPSA) is 89.8 Å². The Balaban J connectivity index is 1.46. The molecule has 6 heteroatoms. The van der Waals surface area contributed by atoms with E-state index in [1.807, 2.05) is 0 Å². The van der Waals surface area contributed by atoms with E-state index in [0.717, 1.165) is 44.4 Å². The van der Waals surface area contributed by atoms with Crippen molar-refractivity contribution in [3.05, 3.63) is 0 Å². The quantitative estimate of drug-likeness (QED) is 0.415. The van der Waals surface area contributed by atoms with Crippen molar-refractivity contribution in [3.63, 3.8) is 0 Å². The number of hydrogen-bond acceptors (Lipinski definition) is 5. The van der Waals surface area contributed by atoms with Gasteiger partial charge in [0, 0.05) is 18.7 Å². The van der Waals surface area contributed by atoms with Crippen LogP contribution < -0.4 is 5.32 Å². The monoisotopic (exact) mass is 481 g/mol. The van der Waals surface area contributed by atoms with Crippen LogP contribution in [0.1, 0.15) is 78.6 Å². The summed E-state index contributed by atoms with van der Waals surface area (Å²) in [6.07, 6.45) is 8.82. The minimum absolute atomic E-state index is 0.00241. The Bertz CT molecular complexity index is 706. The van der Waals surface area contributed by atoms with Gasteiger partial charge < -0.3 is 20.6 Å². The van der Waals surface area contributed by atoms with Crippen LogP contribution in [0.4, 0.5) is 0 Å². The third-order valence-corrected chi connectivity index (χ3v) is 11.6. The van der Waals surface area contributed by atoms with Crippen molar-refractivity contribution in [2.24, 2.45) is 46.3 Å². The van der Waals surface area contributed by atoms with Gasteiger partial charge in [-0.2, -0.15) is 11.8 Å². The molecular weight excluding hydrogens is 434 g/mol. The van der Waals surface area contributed by atoms with E-state index < -0.39 is 12.2 Å². The molecule has 0 aromatic heterocycles. The molecule has 33 heavy (non-hydrogen) atoms. The average Bonchev–Trinajstić information content (AvgIpc) is 3.14. The SMILES string of the molecule is CSCCNC(=O)CC[C@@H](C)[C@H]1CC[C@H]2[C@@H]3[C@@H](O)[C@@H](O)[C@@H]4C[C@H](O)CC[C@]4(C)[C@H]3CC[C@]12C. The molecule has 4 rings (SSSR count). The molecule has 0 heterocycles. The van der Waals surface area contributed by atoms with Gasteiger partial charge in [-0.1, -0.05) is 20.8 Å². The van der Waals surface area contributed by atoms with E-state index in [2.05, 4.69) is 32.3 Å². The Kier molecular flexibility index (Phi) is 7.80. The second-order valence-corrected chi connectivity index (χ2v) is 13.4. The first-order chi connectivity index (χ1) is 15.6. The lowest BCUT2D eigenvalue weighted by Crippen LogP contribution is -2.64. The van der Waals surface area contributed by atoms with Crippen molar-refractivity contribution < 1.29 is 20.1 Å². The first-order valence-electron chi connectivity index (χ1n) is 13.4. The predicted molar refractivity (Wildman–Crippen MR) is 134 cm³/mol. The van der Waals surface area contributed by atoms with E-state index in [4.69, 9.17) is 0 Å². The summed E-state index contributed by atoms with van der Waals surface area (Å²) in [4.78, 5) is 12.3. The number of amides is 1. The molecule has 0 bridgehead atoms. The molecule has 0 saturated heterocycles. The van der Waals surface area contributed by atoms with E-state index >= 15 is 0 Å². The first-order valence-corrected chi connectivity index (χ1v) is 14.8. The maximum absolute atomic E-state index is 12.3. The second-order valence-electron chi connectivity index (χ2n) is 12.4. The van der Waals surface area contributed by atoms with Gasteiger partial charge in [0.15, 0.2) is 0 Å². The lowest BCUT2D eigenvalue weighted by atomic mass is 9.43. The summed E-state index contributed by atoms with van der Waals surface area (Å²) >= 11 is 1.75. The van der Waals surface area contributed by atoms with Crippen LogP contribution in [0.15, 0.2) is 0 Å². The minimum atomic E-state index is -0.727. The summed E-state index contributed by atoms with van der Waals surface area (Å²) < 4.78 is 0. The number of carbonyl (C=O) groups excluding carboxylic acids is 1. The molecule has 0 aromatic carbocycles. The summed E-state index contributed by atoms with van der Waals surface area (Å²) in [7, 11) is 0. The summed E-state index contributed by atoms with van der Waals surface area (Å²) in [5.41, 5.74) is 0.191. The summed E-state index contributed by atoms with van der Waals surface area (Å²) in [5.74, 6) is 3.22. The number of thioether (sulfide) groups is 1. The number of aliphatic hydroxyl groups is 3. The standard InChI is InChI=1S/C27H47NO4S/c1-16(5-8-22(30)28-13-14-33-4)18-6-7-19-23-20(10-12-26(18,19)2)27(3)11-9-17(29)15-21(27)24(31)25(23)32/h16-21,23-25,29,31-32H,5-15H2,1-4H3,(H,28,30)/t16-,17-,18-,19+,20+,21+,23+,24+,25-,26-,27-/m1/s1. The molecule has 11 atom stereocenters. The van der Waals surface area contributed by atoms with Crippen LogP contribution >= 0.6 is 11.8 Å². The Morgan fingerprint density at radius 2 is 1.70 bits per heavy atom. The van der Waals surface area contributed by atoms with Crippen LogP contribution in [0.25, 0.3) is 0 Å². The van der Waals surface area contributed by atoms with Gasteiger partial charge in [-0.3, -0.25) is 4.79 Å². The fourth-order valence-corrected chi connectivity index (χ4v) is 9.46. The van der Waals surface area contributed by atoms with Crippen LogP contribution in [0, 0.1) is 46.3 Å². The average molecular weight is 482 g/mol. The zero-order valence-corrected chi connectivity index (χ0v) is 21.9. The van der Waals surface area contributed by atoms with Crippen LogP contribution in [0.2, 0.25) is 0 Å². The highest BCUT2D eigenvalue weighted by Gasteiger charge is 2.65. The van der Waals surface area contributed by atoms with Gasteiger partial charge in [-0.05, 0) is 104 Å². The Morgan fingerprint density at radius 3 is 2.42 bits per heavy atom. The second kappa shape index (κ2) is 9.99. The van der Waals surface area contributed by atoms with Gasteiger partial charge in [0.25, 0.3) is 0 Å². The highest BCUT2D eigenvalue weighted by atomic mass is 32.2. The van der Waals surface area contributed by atoms with Crippen molar-refractivity contribution in [2.45, 2.75) is 96.9 Å². The molecule has 0 spiro atoms. The van der Waals surface area contributed by atoms with Crippen LogP contribution in [0.5, 0.6) is 0 Å². The maximum atomic E-state index is 12.3. The Morgan fingerprint density at radius 1 is 1.00 bits per heavy atom. The molecule has 0 unspecified atom stereocenters. The van der Waals surface area contributed by atoms with Crippen LogP contribution in [-0.2, 0) is 4.79 Å². The molecule has 1 amide bonds. The van der Waals surface area contributed by atoms with E-state index in [-0.39, 0.29) is 34.7 Å². The van der Waals surface area contributed by atoms with Gasteiger partial charge >= 0.3 is 0 Å². The lowest BCUT2D eigenvalue weighted by Gasteiger charge is -2.63. The van der Waals surface area contributed by atoms with Crippen molar-refractivity contribution in [1.82, 2.24) is 5.32 Å². The Hall–Kier alpha value is -0.300. The fraction of sp³-hybridized carbons (Fsp3) is 0.963. The number of rotatable bonds is 7. The highest BCUT2D eigenvalue weighted by Crippen LogP contribution is 2.68. The van der Waals surface area contributed by atoms with Crippen LogP contribution in [0.3, 0.4) is 0 Å². The molecule has 4 aliphatic rings. The van der Waals surface area contributed by atoms with Gasteiger partial charge in [0.1, 0.15) is 0 Å². The van der Waals surface area contributed by atoms with Gasteiger partial charge in [0.05, 0.1) is 18.3 Å². The smallest absolute Gasteiger partial charge is 0.220 e. The van der Waals surface area contributed by atoms with Crippen molar-refractivity contribution in [3.8, 4) is 0 Å². The summed E-state index contributed by atoms with van der Waals surface area (Å²) in [5, 5.41) is 35.9. The van der Waals surface area contributed by atoms with E-state index in [1.165, 1.54) is 12.8 Å². The molecule has 5 nitrogen and oxygen atoms in total. The van der Waals surface area contributed by atoms with E-state index in [9.17, 15) is 20.1 Å². The molecule has 4 N–H and O–H groups in total. The molecular formula is C27H47NO4S. The zero-order valence-electron chi connectivity index (χ0n) is 21.1. The molecule has 4 aliphatic carbocycles. The minimum Gasteiger partial charge on any atom is -0.393 e. The number of hydrogen-bond donors (Lipinski definition) is 4. The fourth-order valence-electron chi connectivity index (χ4n) is 9.16. The largest absolute Gasteiger partial charge is 0.393 e. The summed E-state index contributed by atoms with van der Waals surface area (Å²) in [6.45, 7) is 7.85. The molecule has 4 saturated carbocycles. The molecule has 190 valence electrons. The third kappa shape index (κ3) is 4.51. The molecule has 0 radical (unpaired) electrons. The van der Waals surface area contributed by atoms with E-state index in [1.54, 1.807) is 11.8 Å². The van der Waals surface area contributed by atoms with Gasteiger partial charge in [-0.25, -0.2) is 0 Å². The summed E-state index contributed by atoms with van der Waals surface area (Å²) in [6, 6.07) is 0. The first kappa shape index (κ1) is 25.8. The number of fused-ring (bicyclic) bond motifs is 5. The van der Waals surface area contributed by atoms with Gasteiger partial charge in [0.2, 0.25) is 5.91 Å². The van der Waals surface area contributed by atoms with Crippen molar-refractivity contribution in [1.29, 1.82) is 0 Å². The molecule has 4 fully saturated rings. The van der Waals surface area contributed by atoms with Gasteiger partial charge in [-0.15, -0.1) is 0 Å². The number of carbonyl (C=O) groups is 1. The molecule has 0 aromatic rings. The number of aliphatic hydroxyl groups excluding tert-OH is 3. The number of nitrogens with one attached hydrogen (secondary N) is 1. The third-order valence-electron chi connectivity index (χ3n) is 10.9. The highest BCUT2D eigenvalue weighted by molar-refractivity contribution is 7.98. The maximum Gasteiger partial charge on any atom is 0.220 e. The zero-order chi connectivity index (χ0) is 24.0. The van der Waals surface area contributed by atoms with Crippen molar-refractivity contribution >= 4 is 17.7 Å².